The van der Waals surface area contributed by atoms with E-state index in [0.29, 0.717) is 18.2 Å². The minimum atomic E-state index is 0.353. The van der Waals surface area contributed by atoms with Crippen molar-refractivity contribution in [3.8, 4) is 5.75 Å². The Hall–Kier alpha value is -1.59. The van der Waals surface area contributed by atoms with Crippen molar-refractivity contribution in [3.05, 3.63) is 40.4 Å². The minimum absolute atomic E-state index is 0.353. The Morgan fingerprint density at radius 3 is 2.78 bits per heavy atom. The van der Waals surface area contributed by atoms with E-state index in [0.717, 1.165) is 23.0 Å². The number of rotatable bonds is 4. The monoisotopic (exact) mass is 266 g/mol. The zero-order valence-corrected chi connectivity index (χ0v) is 11.1. The SMILES string of the molecule is Cc1nnc(COc2ccc(Cl)cc2CN)n1C. The van der Waals surface area contributed by atoms with Crippen LogP contribution in [0.4, 0.5) is 0 Å². The van der Waals surface area contributed by atoms with Gasteiger partial charge in [0.15, 0.2) is 5.82 Å². The summed E-state index contributed by atoms with van der Waals surface area (Å²) in [7, 11) is 1.90. The first-order valence-corrected chi connectivity index (χ1v) is 5.95. The van der Waals surface area contributed by atoms with Crippen molar-refractivity contribution < 1.29 is 4.74 Å². The highest BCUT2D eigenvalue weighted by Crippen LogP contribution is 2.23. The van der Waals surface area contributed by atoms with Crippen LogP contribution >= 0.6 is 11.6 Å². The second-order valence-electron chi connectivity index (χ2n) is 3.97. The number of halogens is 1. The van der Waals surface area contributed by atoms with Crippen molar-refractivity contribution in [2.24, 2.45) is 12.8 Å². The van der Waals surface area contributed by atoms with Gasteiger partial charge >= 0.3 is 0 Å². The third-order valence-corrected chi connectivity index (χ3v) is 3.02. The van der Waals surface area contributed by atoms with Gasteiger partial charge in [0.05, 0.1) is 0 Å². The molecule has 0 spiro atoms. The summed E-state index contributed by atoms with van der Waals surface area (Å²) >= 11 is 5.90. The van der Waals surface area contributed by atoms with Gasteiger partial charge in [-0.1, -0.05) is 11.6 Å². The zero-order chi connectivity index (χ0) is 13.1. The summed E-state index contributed by atoms with van der Waals surface area (Å²) in [6.45, 7) is 2.63. The quantitative estimate of drug-likeness (QED) is 0.917. The molecule has 1 aromatic carbocycles. The molecule has 0 bridgehead atoms. The fourth-order valence-corrected chi connectivity index (χ4v) is 1.76. The molecule has 0 saturated heterocycles. The molecule has 96 valence electrons. The summed E-state index contributed by atoms with van der Waals surface area (Å²) in [5, 5.41) is 8.66. The van der Waals surface area contributed by atoms with Crippen LogP contribution in [0.25, 0.3) is 0 Å². The highest BCUT2D eigenvalue weighted by molar-refractivity contribution is 6.30. The summed E-state index contributed by atoms with van der Waals surface area (Å²) in [6, 6.07) is 5.39. The van der Waals surface area contributed by atoms with Gasteiger partial charge in [0.1, 0.15) is 18.2 Å². The lowest BCUT2D eigenvalue weighted by Crippen LogP contribution is -2.07. The Balaban J connectivity index is 2.13. The summed E-state index contributed by atoms with van der Waals surface area (Å²) in [6.07, 6.45) is 0. The average Bonchev–Trinajstić information content (AvgIpc) is 2.68. The van der Waals surface area contributed by atoms with E-state index in [1.807, 2.05) is 24.6 Å². The zero-order valence-electron chi connectivity index (χ0n) is 10.4. The van der Waals surface area contributed by atoms with Crippen molar-refractivity contribution >= 4 is 11.6 Å². The maximum Gasteiger partial charge on any atom is 0.170 e. The maximum atomic E-state index is 5.90. The van der Waals surface area contributed by atoms with Crippen molar-refractivity contribution in [2.75, 3.05) is 0 Å². The van der Waals surface area contributed by atoms with Crippen molar-refractivity contribution in [2.45, 2.75) is 20.1 Å². The first-order valence-electron chi connectivity index (χ1n) is 5.58. The molecule has 0 fully saturated rings. The summed E-state index contributed by atoms with van der Waals surface area (Å²) in [5.41, 5.74) is 6.53. The smallest absolute Gasteiger partial charge is 0.170 e. The predicted molar refractivity (Wildman–Crippen MR) is 69.4 cm³/mol. The van der Waals surface area contributed by atoms with Gasteiger partial charge < -0.3 is 15.0 Å². The van der Waals surface area contributed by atoms with E-state index in [2.05, 4.69) is 10.2 Å². The highest BCUT2D eigenvalue weighted by Gasteiger charge is 2.08. The standard InChI is InChI=1S/C12H15ClN4O/c1-8-15-16-12(17(8)2)7-18-11-4-3-10(13)5-9(11)6-14/h3-5H,6-7,14H2,1-2H3. The number of hydrogen-bond acceptors (Lipinski definition) is 4. The fourth-order valence-electron chi connectivity index (χ4n) is 1.57. The van der Waals surface area contributed by atoms with Crippen LogP contribution in [0.2, 0.25) is 5.02 Å². The molecular formula is C12H15ClN4O. The molecule has 2 aromatic rings. The van der Waals surface area contributed by atoms with E-state index in [1.165, 1.54) is 0 Å². The molecule has 6 heteroatoms. The van der Waals surface area contributed by atoms with Gasteiger partial charge in [0.25, 0.3) is 0 Å². The van der Waals surface area contributed by atoms with Crippen molar-refractivity contribution in [1.82, 2.24) is 14.8 Å². The lowest BCUT2D eigenvalue weighted by molar-refractivity contribution is 0.288. The molecule has 2 rings (SSSR count). The van der Waals surface area contributed by atoms with Gasteiger partial charge in [-0.2, -0.15) is 0 Å². The molecule has 1 heterocycles. The maximum absolute atomic E-state index is 5.90. The summed E-state index contributed by atoms with van der Waals surface area (Å²) < 4.78 is 7.59. The largest absolute Gasteiger partial charge is 0.485 e. The Morgan fingerprint density at radius 1 is 1.39 bits per heavy atom. The van der Waals surface area contributed by atoms with Crippen LogP contribution in [0.5, 0.6) is 5.75 Å². The molecule has 0 aliphatic heterocycles. The lowest BCUT2D eigenvalue weighted by atomic mass is 10.2. The molecule has 1 aromatic heterocycles. The first-order chi connectivity index (χ1) is 8.61. The molecule has 0 saturated carbocycles. The van der Waals surface area contributed by atoms with Crippen LogP contribution in [0, 0.1) is 6.92 Å². The number of hydrogen-bond donors (Lipinski definition) is 1. The van der Waals surface area contributed by atoms with E-state index in [4.69, 9.17) is 22.1 Å². The van der Waals surface area contributed by atoms with E-state index in [9.17, 15) is 0 Å². The average molecular weight is 267 g/mol. The second-order valence-corrected chi connectivity index (χ2v) is 4.40. The first kappa shape index (κ1) is 12.9. The van der Waals surface area contributed by atoms with Crippen LogP contribution in [-0.2, 0) is 20.2 Å². The second kappa shape index (κ2) is 5.37. The molecule has 2 N–H and O–H groups in total. The molecule has 0 atom stereocenters. The third kappa shape index (κ3) is 2.63. The van der Waals surface area contributed by atoms with Crippen LogP contribution in [0.15, 0.2) is 18.2 Å². The van der Waals surface area contributed by atoms with Gasteiger partial charge in [-0.15, -0.1) is 10.2 Å². The fraction of sp³-hybridized carbons (Fsp3) is 0.333. The van der Waals surface area contributed by atoms with Crippen molar-refractivity contribution in [1.29, 1.82) is 0 Å². The van der Waals surface area contributed by atoms with E-state index in [1.54, 1.807) is 12.1 Å². The number of nitrogens with two attached hydrogens (primary N) is 1. The number of nitrogens with zero attached hydrogens (tertiary/aromatic N) is 3. The van der Waals surface area contributed by atoms with Gasteiger partial charge in [0, 0.05) is 24.2 Å². The van der Waals surface area contributed by atoms with Gasteiger partial charge in [-0.3, -0.25) is 0 Å². The normalized spacial score (nSPS) is 10.7. The van der Waals surface area contributed by atoms with Gasteiger partial charge in [0.2, 0.25) is 0 Å². The molecule has 5 nitrogen and oxygen atoms in total. The van der Waals surface area contributed by atoms with Crippen LogP contribution in [-0.4, -0.2) is 14.8 Å². The third-order valence-electron chi connectivity index (χ3n) is 2.78. The lowest BCUT2D eigenvalue weighted by Gasteiger charge is -2.10. The molecule has 18 heavy (non-hydrogen) atoms. The molecule has 0 radical (unpaired) electrons. The van der Waals surface area contributed by atoms with Gasteiger partial charge in [-0.05, 0) is 25.1 Å². The summed E-state index contributed by atoms with van der Waals surface area (Å²) in [5.74, 6) is 2.34. The van der Waals surface area contributed by atoms with E-state index < -0.39 is 0 Å². The van der Waals surface area contributed by atoms with Crippen LogP contribution in [0.3, 0.4) is 0 Å². The van der Waals surface area contributed by atoms with E-state index >= 15 is 0 Å². The summed E-state index contributed by atoms with van der Waals surface area (Å²) in [4.78, 5) is 0. The topological polar surface area (TPSA) is 66.0 Å². The Bertz CT molecular complexity index is 553. The number of aromatic nitrogens is 3. The predicted octanol–water partition coefficient (Wildman–Crippen LogP) is 1.81. The minimum Gasteiger partial charge on any atom is -0.485 e. The number of aryl methyl sites for hydroxylation is 1. The number of benzene rings is 1. The number of ether oxygens (including phenoxy) is 1. The molecular weight excluding hydrogens is 252 g/mol. The van der Waals surface area contributed by atoms with Crippen LogP contribution in [0.1, 0.15) is 17.2 Å². The Labute approximate surface area is 111 Å². The molecule has 0 amide bonds. The van der Waals surface area contributed by atoms with E-state index in [-0.39, 0.29) is 0 Å². The molecule has 0 aliphatic carbocycles. The molecule has 0 unspecified atom stereocenters. The van der Waals surface area contributed by atoms with Crippen LogP contribution < -0.4 is 10.5 Å². The Kier molecular flexibility index (Phi) is 3.84. The highest BCUT2D eigenvalue weighted by atomic mass is 35.5. The molecule has 0 aliphatic rings. The van der Waals surface area contributed by atoms with Gasteiger partial charge in [-0.25, -0.2) is 0 Å². The Morgan fingerprint density at radius 2 is 2.17 bits per heavy atom. The van der Waals surface area contributed by atoms with Crippen molar-refractivity contribution in [3.63, 3.8) is 0 Å².